The van der Waals surface area contributed by atoms with Crippen molar-refractivity contribution in [2.24, 2.45) is 0 Å². The van der Waals surface area contributed by atoms with E-state index in [1.165, 1.54) is 7.11 Å². The lowest BCUT2D eigenvalue weighted by molar-refractivity contribution is 0.0600. The molecule has 0 aromatic heterocycles. The summed E-state index contributed by atoms with van der Waals surface area (Å²) in [5.74, 6) is 0.0747. The van der Waals surface area contributed by atoms with Crippen LogP contribution in [0.15, 0.2) is 48.5 Å². The molecule has 4 nitrogen and oxygen atoms in total. The molecule has 2 rings (SSSR count). The summed E-state index contributed by atoms with van der Waals surface area (Å²) in [5, 5.41) is 9.22. The SMILES string of the molecule is COC(=O)c1cc(CO)cc(OCc2ccccc2)c1. The van der Waals surface area contributed by atoms with Gasteiger partial charge in [0.25, 0.3) is 0 Å². The molecule has 0 spiro atoms. The Kier molecular flexibility index (Phi) is 4.74. The van der Waals surface area contributed by atoms with Gasteiger partial charge in [0.1, 0.15) is 12.4 Å². The molecule has 0 aliphatic heterocycles. The second-order valence-electron chi connectivity index (χ2n) is 4.29. The number of aliphatic hydroxyl groups is 1. The zero-order valence-corrected chi connectivity index (χ0v) is 11.2. The first-order valence-corrected chi connectivity index (χ1v) is 6.23. The van der Waals surface area contributed by atoms with Crippen molar-refractivity contribution in [3.63, 3.8) is 0 Å². The molecule has 0 aliphatic carbocycles. The van der Waals surface area contributed by atoms with Crippen LogP contribution < -0.4 is 4.74 Å². The molecule has 2 aromatic rings. The van der Waals surface area contributed by atoms with Crippen molar-refractivity contribution >= 4 is 5.97 Å². The average Bonchev–Trinajstić information content (AvgIpc) is 2.52. The molecule has 104 valence electrons. The Morgan fingerprint density at radius 3 is 2.50 bits per heavy atom. The lowest BCUT2D eigenvalue weighted by Crippen LogP contribution is -2.04. The number of carbonyl (C=O) groups excluding carboxylic acids is 1. The summed E-state index contributed by atoms with van der Waals surface area (Å²) in [6.45, 7) is 0.239. The van der Waals surface area contributed by atoms with Crippen LogP contribution in [0.4, 0.5) is 0 Å². The average molecular weight is 272 g/mol. The molecule has 0 fully saturated rings. The summed E-state index contributed by atoms with van der Waals surface area (Å²) in [6.07, 6.45) is 0. The number of esters is 1. The van der Waals surface area contributed by atoms with E-state index in [-0.39, 0.29) is 6.61 Å². The van der Waals surface area contributed by atoms with Crippen LogP contribution >= 0.6 is 0 Å². The van der Waals surface area contributed by atoms with E-state index < -0.39 is 5.97 Å². The zero-order chi connectivity index (χ0) is 14.4. The van der Waals surface area contributed by atoms with Crippen LogP contribution in [0.5, 0.6) is 5.75 Å². The van der Waals surface area contributed by atoms with Crippen molar-refractivity contribution in [1.29, 1.82) is 0 Å². The third-order valence-electron chi connectivity index (χ3n) is 2.82. The van der Waals surface area contributed by atoms with Gasteiger partial charge in [-0.05, 0) is 29.3 Å². The highest BCUT2D eigenvalue weighted by molar-refractivity contribution is 5.90. The van der Waals surface area contributed by atoms with E-state index in [0.29, 0.717) is 23.5 Å². The van der Waals surface area contributed by atoms with Gasteiger partial charge in [0.2, 0.25) is 0 Å². The zero-order valence-electron chi connectivity index (χ0n) is 11.2. The molecule has 0 saturated heterocycles. The van der Waals surface area contributed by atoms with E-state index in [0.717, 1.165) is 5.56 Å². The lowest BCUT2D eigenvalue weighted by Gasteiger charge is -2.09. The molecule has 2 aromatic carbocycles. The van der Waals surface area contributed by atoms with Gasteiger partial charge >= 0.3 is 5.97 Å². The molecular formula is C16H16O4. The van der Waals surface area contributed by atoms with Crippen molar-refractivity contribution in [1.82, 2.24) is 0 Å². The second kappa shape index (κ2) is 6.73. The standard InChI is InChI=1S/C16H16O4/c1-19-16(18)14-7-13(10-17)8-15(9-14)20-11-12-5-3-2-4-6-12/h2-9,17H,10-11H2,1H3. The maximum absolute atomic E-state index is 11.5. The number of carbonyl (C=O) groups is 1. The first-order valence-electron chi connectivity index (χ1n) is 6.23. The third kappa shape index (κ3) is 3.59. The van der Waals surface area contributed by atoms with Crippen molar-refractivity contribution in [3.05, 3.63) is 65.2 Å². The van der Waals surface area contributed by atoms with E-state index in [2.05, 4.69) is 4.74 Å². The quantitative estimate of drug-likeness (QED) is 0.850. The molecule has 0 saturated carbocycles. The first kappa shape index (κ1) is 14.1. The number of hydrogen-bond acceptors (Lipinski definition) is 4. The van der Waals surface area contributed by atoms with Gasteiger partial charge in [0, 0.05) is 0 Å². The Hall–Kier alpha value is -2.33. The highest BCUT2D eigenvalue weighted by atomic mass is 16.5. The summed E-state index contributed by atoms with van der Waals surface area (Å²) >= 11 is 0. The largest absolute Gasteiger partial charge is 0.489 e. The van der Waals surface area contributed by atoms with Gasteiger partial charge < -0.3 is 14.6 Å². The minimum atomic E-state index is -0.454. The fraction of sp³-hybridized carbons (Fsp3) is 0.188. The smallest absolute Gasteiger partial charge is 0.337 e. The van der Waals surface area contributed by atoms with E-state index in [4.69, 9.17) is 4.74 Å². The van der Waals surface area contributed by atoms with Crippen molar-refractivity contribution < 1.29 is 19.4 Å². The fourth-order valence-electron chi connectivity index (χ4n) is 1.81. The maximum atomic E-state index is 11.5. The van der Waals surface area contributed by atoms with Gasteiger partial charge in [-0.2, -0.15) is 0 Å². The summed E-state index contributed by atoms with van der Waals surface area (Å²) in [6, 6.07) is 14.6. The maximum Gasteiger partial charge on any atom is 0.337 e. The van der Waals surface area contributed by atoms with Gasteiger partial charge in [-0.25, -0.2) is 4.79 Å². The summed E-state index contributed by atoms with van der Waals surface area (Å²) < 4.78 is 10.3. The van der Waals surface area contributed by atoms with Gasteiger partial charge in [-0.3, -0.25) is 0 Å². The Morgan fingerprint density at radius 1 is 1.10 bits per heavy atom. The summed E-state index contributed by atoms with van der Waals surface area (Å²) in [7, 11) is 1.32. The van der Waals surface area contributed by atoms with Crippen LogP contribution in [0.3, 0.4) is 0 Å². The minimum absolute atomic E-state index is 0.160. The number of benzene rings is 2. The molecule has 0 radical (unpaired) electrons. The third-order valence-corrected chi connectivity index (χ3v) is 2.82. The number of hydrogen-bond donors (Lipinski definition) is 1. The van der Waals surface area contributed by atoms with Crippen LogP contribution in [0, 0.1) is 0 Å². The lowest BCUT2D eigenvalue weighted by atomic mass is 10.1. The second-order valence-corrected chi connectivity index (χ2v) is 4.29. The van der Waals surface area contributed by atoms with E-state index in [1.807, 2.05) is 30.3 Å². The van der Waals surface area contributed by atoms with Gasteiger partial charge in [0.05, 0.1) is 19.3 Å². The Labute approximate surface area is 117 Å². The molecule has 0 heterocycles. The molecule has 0 unspecified atom stereocenters. The number of aliphatic hydroxyl groups excluding tert-OH is 1. The fourth-order valence-corrected chi connectivity index (χ4v) is 1.81. The molecule has 0 amide bonds. The Balaban J connectivity index is 2.16. The number of ether oxygens (including phenoxy) is 2. The first-order chi connectivity index (χ1) is 9.72. The normalized spacial score (nSPS) is 10.1. The number of rotatable bonds is 5. The highest BCUT2D eigenvalue weighted by Gasteiger charge is 2.09. The van der Waals surface area contributed by atoms with Crippen molar-refractivity contribution in [3.8, 4) is 5.75 Å². The van der Waals surface area contributed by atoms with Crippen LogP contribution in [-0.4, -0.2) is 18.2 Å². The van der Waals surface area contributed by atoms with Crippen molar-refractivity contribution in [2.45, 2.75) is 13.2 Å². The monoisotopic (exact) mass is 272 g/mol. The van der Waals surface area contributed by atoms with E-state index in [1.54, 1.807) is 18.2 Å². The Bertz CT molecular complexity index is 578. The van der Waals surface area contributed by atoms with Gasteiger partial charge in [-0.1, -0.05) is 30.3 Å². The van der Waals surface area contributed by atoms with Crippen LogP contribution in [0.25, 0.3) is 0 Å². The highest BCUT2D eigenvalue weighted by Crippen LogP contribution is 2.19. The van der Waals surface area contributed by atoms with Crippen LogP contribution in [0.1, 0.15) is 21.5 Å². The predicted molar refractivity (Wildman–Crippen MR) is 74.5 cm³/mol. The van der Waals surface area contributed by atoms with Gasteiger partial charge in [-0.15, -0.1) is 0 Å². The molecule has 1 N–H and O–H groups in total. The minimum Gasteiger partial charge on any atom is -0.489 e. The van der Waals surface area contributed by atoms with Gasteiger partial charge in [0.15, 0.2) is 0 Å². The Morgan fingerprint density at radius 2 is 1.85 bits per heavy atom. The molecule has 0 bridgehead atoms. The summed E-state index contributed by atoms with van der Waals surface area (Å²) in [5.41, 5.74) is 2.00. The molecule has 0 atom stereocenters. The molecule has 0 aliphatic rings. The topological polar surface area (TPSA) is 55.8 Å². The van der Waals surface area contributed by atoms with Crippen LogP contribution in [-0.2, 0) is 18.0 Å². The van der Waals surface area contributed by atoms with E-state index in [9.17, 15) is 9.90 Å². The van der Waals surface area contributed by atoms with E-state index >= 15 is 0 Å². The summed E-state index contributed by atoms with van der Waals surface area (Å²) in [4.78, 5) is 11.5. The number of methoxy groups -OCH3 is 1. The van der Waals surface area contributed by atoms with Crippen molar-refractivity contribution in [2.75, 3.05) is 7.11 Å². The molecule has 20 heavy (non-hydrogen) atoms. The molecule has 4 heteroatoms. The molecular weight excluding hydrogens is 256 g/mol. The van der Waals surface area contributed by atoms with Crippen LogP contribution in [0.2, 0.25) is 0 Å². The predicted octanol–water partition coefficient (Wildman–Crippen LogP) is 2.54.